The summed E-state index contributed by atoms with van der Waals surface area (Å²) in [5.74, 6) is 0.582. The predicted octanol–water partition coefficient (Wildman–Crippen LogP) is 2.50. The first-order valence-electron chi connectivity index (χ1n) is 7.81. The van der Waals surface area contributed by atoms with Gasteiger partial charge in [-0.25, -0.2) is 4.68 Å². The van der Waals surface area contributed by atoms with Gasteiger partial charge >= 0.3 is 0 Å². The minimum absolute atomic E-state index is 0.214. The van der Waals surface area contributed by atoms with E-state index in [1.807, 2.05) is 0 Å². The Bertz CT molecular complexity index is 981. The molecule has 0 radical (unpaired) electrons. The molecule has 0 unspecified atom stereocenters. The van der Waals surface area contributed by atoms with Crippen LogP contribution in [0.25, 0.3) is 5.69 Å². The lowest BCUT2D eigenvalue weighted by molar-refractivity contribution is 0.101. The number of carbonyl (C=O) groups excluding carboxylic acids is 1. The summed E-state index contributed by atoms with van der Waals surface area (Å²) >= 11 is 0. The van der Waals surface area contributed by atoms with Crippen LogP contribution in [0.15, 0.2) is 65.6 Å². The molecule has 1 heterocycles. The van der Waals surface area contributed by atoms with E-state index >= 15 is 0 Å². The molecule has 2 aromatic carbocycles. The monoisotopic (exact) mass is 351 g/mol. The predicted molar refractivity (Wildman–Crippen MR) is 97.3 cm³/mol. The van der Waals surface area contributed by atoms with Gasteiger partial charge in [0, 0.05) is 12.3 Å². The van der Waals surface area contributed by atoms with Gasteiger partial charge < -0.3 is 14.8 Å². The summed E-state index contributed by atoms with van der Waals surface area (Å²) in [6.07, 6.45) is 1.50. The molecule has 7 nitrogen and oxygen atoms in total. The van der Waals surface area contributed by atoms with Crippen molar-refractivity contribution in [3.63, 3.8) is 0 Å². The summed E-state index contributed by atoms with van der Waals surface area (Å²) in [5, 5.41) is 6.82. The molecule has 0 saturated heterocycles. The molecule has 0 aliphatic heterocycles. The third kappa shape index (κ3) is 3.56. The van der Waals surface area contributed by atoms with E-state index in [0.29, 0.717) is 22.9 Å². The van der Waals surface area contributed by atoms with E-state index in [2.05, 4.69) is 10.4 Å². The molecule has 1 aromatic heterocycles. The molecule has 0 aliphatic carbocycles. The average molecular weight is 351 g/mol. The number of nitrogens with zero attached hydrogens (tertiary/aromatic N) is 2. The first kappa shape index (κ1) is 17.2. The van der Waals surface area contributed by atoms with Crippen LogP contribution in [0.5, 0.6) is 11.5 Å². The van der Waals surface area contributed by atoms with Gasteiger partial charge in [0.15, 0.2) is 5.69 Å². The van der Waals surface area contributed by atoms with Crippen molar-refractivity contribution in [1.29, 1.82) is 0 Å². The summed E-state index contributed by atoms with van der Waals surface area (Å²) < 4.78 is 11.8. The van der Waals surface area contributed by atoms with Gasteiger partial charge in [0.2, 0.25) is 5.43 Å². The Morgan fingerprint density at radius 1 is 1.00 bits per heavy atom. The summed E-state index contributed by atoms with van der Waals surface area (Å²) in [5.41, 5.74) is 0.467. The maximum absolute atomic E-state index is 12.5. The number of hydrogen-bond acceptors (Lipinski definition) is 5. The van der Waals surface area contributed by atoms with Crippen LogP contribution in [-0.4, -0.2) is 29.9 Å². The first-order chi connectivity index (χ1) is 12.6. The lowest BCUT2D eigenvalue weighted by atomic mass is 10.2. The number of hydrogen-bond donors (Lipinski definition) is 1. The number of rotatable bonds is 5. The van der Waals surface area contributed by atoms with Crippen LogP contribution in [0.3, 0.4) is 0 Å². The van der Waals surface area contributed by atoms with Crippen molar-refractivity contribution in [1.82, 2.24) is 9.78 Å². The lowest BCUT2D eigenvalue weighted by Gasteiger charge is -2.10. The van der Waals surface area contributed by atoms with Crippen LogP contribution in [0, 0.1) is 0 Å². The molecular formula is C19H17N3O4. The number of amides is 1. The SMILES string of the molecule is COc1ccc(-n2ccc(=O)c(C(=O)Nc3ccccc3OC)n2)cc1. The number of ether oxygens (including phenoxy) is 2. The molecule has 0 aliphatic rings. The first-order valence-corrected chi connectivity index (χ1v) is 7.81. The van der Waals surface area contributed by atoms with Crippen LogP contribution >= 0.6 is 0 Å². The topological polar surface area (TPSA) is 82.5 Å². The van der Waals surface area contributed by atoms with E-state index in [0.717, 1.165) is 0 Å². The zero-order valence-corrected chi connectivity index (χ0v) is 14.3. The van der Waals surface area contributed by atoms with Crippen molar-refractivity contribution in [3.05, 3.63) is 76.7 Å². The average Bonchev–Trinajstić information content (AvgIpc) is 2.69. The van der Waals surface area contributed by atoms with E-state index in [-0.39, 0.29) is 5.69 Å². The van der Waals surface area contributed by atoms with Crippen LogP contribution in [0.4, 0.5) is 5.69 Å². The molecule has 0 spiro atoms. The number of methoxy groups -OCH3 is 2. The molecular weight excluding hydrogens is 334 g/mol. The standard InChI is InChI=1S/C19H17N3O4/c1-25-14-9-7-13(8-10-14)22-12-11-16(23)18(21-22)19(24)20-15-5-3-4-6-17(15)26-2/h3-12H,1-2H3,(H,20,24). The molecule has 1 N–H and O–H groups in total. The quantitative estimate of drug-likeness (QED) is 0.764. The second kappa shape index (κ2) is 7.52. The van der Waals surface area contributed by atoms with Crippen molar-refractivity contribution in [2.24, 2.45) is 0 Å². The highest BCUT2D eigenvalue weighted by Gasteiger charge is 2.15. The fourth-order valence-corrected chi connectivity index (χ4v) is 2.37. The van der Waals surface area contributed by atoms with E-state index in [1.165, 1.54) is 24.1 Å². The number of benzene rings is 2. The van der Waals surface area contributed by atoms with E-state index < -0.39 is 11.3 Å². The van der Waals surface area contributed by atoms with Crippen molar-refractivity contribution < 1.29 is 14.3 Å². The number of para-hydroxylation sites is 2. The van der Waals surface area contributed by atoms with E-state index in [9.17, 15) is 9.59 Å². The number of nitrogens with one attached hydrogen (secondary N) is 1. The molecule has 1 amide bonds. The maximum Gasteiger partial charge on any atom is 0.280 e. The summed E-state index contributed by atoms with van der Waals surface area (Å²) in [7, 11) is 3.08. The number of carbonyl (C=O) groups is 1. The van der Waals surface area contributed by atoms with Gasteiger partial charge in [-0.3, -0.25) is 9.59 Å². The van der Waals surface area contributed by atoms with E-state index in [4.69, 9.17) is 9.47 Å². The highest BCUT2D eigenvalue weighted by Crippen LogP contribution is 2.23. The zero-order valence-electron chi connectivity index (χ0n) is 14.3. The third-order valence-electron chi connectivity index (χ3n) is 3.72. The second-order valence-electron chi connectivity index (χ2n) is 5.33. The minimum atomic E-state index is -0.609. The van der Waals surface area contributed by atoms with Crippen LogP contribution in [-0.2, 0) is 0 Å². The Morgan fingerprint density at radius 3 is 2.42 bits per heavy atom. The summed E-state index contributed by atoms with van der Waals surface area (Å²) in [4.78, 5) is 24.6. The van der Waals surface area contributed by atoms with Crippen LogP contribution < -0.4 is 20.2 Å². The zero-order chi connectivity index (χ0) is 18.5. The van der Waals surface area contributed by atoms with Crippen molar-refractivity contribution in [2.75, 3.05) is 19.5 Å². The molecule has 3 rings (SSSR count). The molecule has 132 valence electrons. The smallest absolute Gasteiger partial charge is 0.280 e. The summed E-state index contributed by atoms with van der Waals surface area (Å²) in [6.45, 7) is 0. The molecule has 0 saturated carbocycles. The molecule has 0 bridgehead atoms. The fraction of sp³-hybridized carbons (Fsp3) is 0.105. The molecule has 26 heavy (non-hydrogen) atoms. The Kier molecular flexibility index (Phi) is 4.98. The molecule has 3 aromatic rings. The largest absolute Gasteiger partial charge is 0.497 e. The van der Waals surface area contributed by atoms with Gasteiger partial charge in [0.1, 0.15) is 11.5 Å². The third-order valence-corrected chi connectivity index (χ3v) is 3.72. The molecule has 7 heteroatoms. The number of aromatic nitrogens is 2. The number of anilines is 1. The van der Waals surface area contributed by atoms with Gasteiger partial charge in [0.05, 0.1) is 25.6 Å². The maximum atomic E-state index is 12.5. The van der Waals surface area contributed by atoms with Crippen LogP contribution in [0.1, 0.15) is 10.5 Å². The highest BCUT2D eigenvalue weighted by molar-refractivity contribution is 6.03. The Hall–Kier alpha value is -3.61. The lowest BCUT2D eigenvalue weighted by Crippen LogP contribution is -2.25. The van der Waals surface area contributed by atoms with Gasteiger partial charge in [-0.1, -0.05) is 12.1 Å². The van der Waals surface area contributed by atoms with Crippen molar-refractivity contribution >= 4 is 11.6 Å². The summed E-state index contributed by atoms with van der Waals surface area (Å²) in [6, 6.07) is 15.3. The fourth-order valence-electron chi connectivity index (χ4n) is 2.37. The van der Waals surface area contributed by atoms with Gasteiger partial charge in [0.25, 0.3) is 5.91 Å². The molecule has 0 fully saturated rings. The Morgan fingerprint density at radius 2 is 1.73 bits per heavy atom. The van der Waals surface area contributed by atoms with Gasteiger partial charge in [-0.2, -0.15) is 5.10 Å². The van der Waals surface area contributed by atoms with Crippen LogP contribution in [0.2, 0.25) is 0 Å². The highest BCUT2D eigenvalue weighted by atomic mass is 16.5. The van der Waals surface area contributed by atoms with Gasteiger partial charge in [-0.15, -0.1) is 0 Å². The second-order valence-corrected chi connectivity index (χ2v) is 5.33. The van der Waals surface area contributed by atoms with Gasteiger partial charge in [-0.05, 0) is 36.4 Å². The Balaban J connectivity index is 1.91. The molecule has 0 atom stereocenters. The normalized spacial score (nSPS) is 10.2. The van der Waals surface area contributed by atoms with Crippen molar-refractivity contribution in [3.8, 4) is 17.2 Å². The van der Waals surface area contributed by atoms with Crippen molar-refractivity contribution in [2.45, 2.75) is 0 Å². The Labute approximate surface area is 149 Å². The van der Waals surface area contributed by atoms with E-state index in [1.54, 1.807) is 55.6 Å². The minimum Gasteiger partial charge on any atom is -0.497 e.